The summed E-state index contributed by atoms with van der Waals surface area (Å²) in [5.74, 6) is 1.64. The van der Waals surface area contributed by atoms with Gasteiger partial charge in [0.2, 0.25) is 0 Å². The number of ether oxygens (including phenoxy) is 1. The average molecular weight is 369 g/mol. The Kier molecular flexibility index (Phi) is 4.63. The molecule has 1 aromatic carbocycles. The average Bonchev–Trinajstić information content (AvgIpc) is 3.30. The van der Waals surface area contributed by atoms with Crippen molar-refractivity contribution in [2.45, 2.75) is 25.9 Å². The van der Waals surface area contributed by atoms with Crippen LogP contribution in [0.2, 0.25) is 5.02 Å². The minimum atomic E-state index is -0.372. The van der Waals surface area contributed by atoms with Crippen LogP contribution in [0.5, 0.6) is 5.75 Å². The number of pyridine rings is 1. The fraction of sp³-hybridized carbons (Fsp3) is 0.200. The zero-order valence-corrected chi connectivity index (χ0v) is 14.8. The lowest BCUT2D eigenvalue weighted by atomic mass is 10.1. The van der Waals surface area contributed by atoms with E-state index in [1.165, 1.54) is 23.7 Å². The van der Waals surface area contributed by atoms with Gasteiger partial charge in [0.25, 0.3) is 5.91 Å². The van der Waals surface area contributed by atoms with E-state index in [0.29, 0.717) is 16.6 Å². The Hall–Kier alpha value is -2.79. The van der Waals surface area contributed by atoms with Gasteiger partial charge in [0.05, 0.1) is 5.02 Å². The van der Waals surface area contributed by atoms with Gasteiger partial charge in [-0.25, -0.2) is 4.98 Å². The van der Waals surface area contributed by atoms with E-state index in [1.54, 1.807) is 24.3 Å². The first-order valence-electron chi connectivity index (χ1n) is 8.43. The molecular formula is C20H17ClN2O3. The molecule has 0 saturated heterocycles. The summed E-state index contributed by atoms with van der Waals surface area (Å²) in [4.78, 5) is 16.2. The van der Waals surface area contributed by atoms with Crippen LogP contribution in [0.1, 0.15) is 33.9 Å². The molecule has 0 aliphatic heterocycles. The summed E-state index contributed by atoms with van der Waals surface area (Å²) in [6.07, 6.45) is 4.93. The first-order chi connectivity index (χ1) is 12.7. The number of nitrogens with one attached hydrogen (secondary N) is 1. The lowest BCUT2D eigenvalue weighted by Gasteiger charge is -2.06. The van der Waals surface area contributed by atoms with Crippen molar-refractivity contribution in [3.8, 4) is 5.75 Å². The van der Waals surface area contributed by atoms with E-state index >= 15 is 0 Å². The zero-order valence-electron chi connectivity index (χ0n) is 14.0. The van der Waals surface area contributed by atoms with Gasteiger partial charge in [0, 0.05) is 6.20 Å². The SMILES string of the molecule is O=C(Nc1ccc(Cl)cn1)c1ccc(COc2ccc3c(c2)CCC3)o1. The Labute approximate surface area is 156 Å². The topological polar surface area (TPSA) is 64.4 Å². The standard InChI is InChI=1S/C20H17ClN2O3/c21-15-5-9-19(22-11-15)23-20(24)18-8-7-17(26-18)12-25-16-6-4-13-2-1-3-14(13)10-16/h4-11H,1-3,12H2,(H,22,23,24). The molecule has 2 heterocycles. The summed E-state index contributed by atoms with van der Waals surface area (Å²) in [5.41, 5.74) is 2.77. The molecule has 1 amide bonds. The van der Waals surface area contributed by atoms with Crippen LogP contribution in [-0.2, 0) is 19.4 Å². The molecule has 4 rings (SSSR count). The predicted octanol–water partition coefficient (Wildman–Crippen LogP) is 4.65. The van der Waals surface area contributed by atoms with Crippen LogP contribution in [-0.4, -0.2) is 10.9 Å². The van der Waals surface area contributed by atoms with Crippen LogP contribution >= 0.6 is 11.6 Å². The van der Waals surface area contributed by atoms with Gasteiger partial charge in [-0.3, -0.25) is 4.79 Å². The highest BCUT2D eigenvalue weighted by atomic mass is 35.5. The molecule has 0 radical (unpaired) electrons. The summed E-state index contributed by atoms with van der Waals surface area (Å²) < 4.78 is 11.4. The minimum absolute atomic E-state index is 0.203. The maximum atomic E-state index is 12.2. The van der Waals surface area contributed by atoms with Gasteiger partial charge >= 0.3 is 0 Å². The lowest BCUT2D eigenvalue weighted by molar-refractivity contribution is 0.0992. The lowest BCUT2D eigenvalue weighted by Crippen LogP contribution is -2.11. The van der Waals surface area contributed by atoms with Gasteiger partial charge in [0.15, 0.2) is 5.76 Å². The minimum Gasteiger partial charge on any atom is -0.486 e. The van der Waals surface area contributed by atoms with Crippen LogP contribution in [0.3, 0.4) is 0 Å². The molecule has 0 saturated carbocycles. The highest BCUT2D eigenvalue weighted by molar-refractivity contribution is 6.30. The van der Waals surface area contributed by atoms with Crippen molar-refractivity contribution in [1.82, 2.24) is 4.98 Å². The van der Waals surface area contributed by atoms with Crippen molar-refractivity contribution < 1.29 is 13.9 Å². The fourth-order valence-corrected chi connectivity index (χ4v) is 3.11. The van der Waals surface area contributed by atoms with E-state index in [0.717, 1.165) is 18.6 Å². The van der Waals surface area contributed by atoms with E-state index in [2.05, 4.69) is 22.4 Å². The van der Waals surface area contributed by atoms with E-state index in [9.17, 15) is 4.79 Å². The van der Waals surface area contributed by atoms with Gasteiger partial charge < -0.3 is 14.5 Å². The molecule has 0 spiro atoms. The number of halogens is 1. The molecule has 2 aromatic heterocycles. The van der Waals surface area contributed by atoms with E-state index in [1.807, 2.05) is 6.07 Å². The van der Waals surface area contributed by atoms with Crippen molar-refractivity contribution in [2.24, 2.45) is 0 Å². The summed E-state index contributed by atoms with van der Waals surface area (Å²) >= 11 is 5.78. The van der Waals surface area contributed by atoms with E-state index in [-0.39, 0.29) is 18.3 Å². The number of benzene rings is 1. The predicted molar refractivity (Wildman–Crippen MR) is 98.7 cm³/mol. The Morgan fingerprint density at radius 3 is 2.88 bits per heavy atom. The van der Waals surface area contributed by atoms with Crippen molar-refractivity contribution >= 4 is 23.3 Å². The molecule has 0 atom stereocenters. The van der Waals surface area contributed by atoms with Crippen molar-refractivity contribution in [3.63, 3.8) is 0 Å². The van der Waals surface area contributed by atoms with E-state index in [4.69, 9.17) is 20.8 Å². The number of nitrogens with zero attached hydrogens (tertiary/aromatic N) is 1. The molecule has 0 unspecified atom stereocenters. The molecular weight excluding hydrogens is 352 g/mol. The number of hydrogen-bond donors (Lipinski definition) is 1. The highest BCUT2D eigenvalue weighted by Crippen LogP contribution is 2.26. The van der Waals surface area contributed by atoms with Gasteiger partial charge in [-0.1, -0.05) is 17.7 Å². The number of rotatable bonds is 5. The second-order valence-electron chi connectivity index (χ2n) is 6.15. The number of aryl methyl sites for hydroxylation is 2. The van der Waals surface area contributed by atoms with Crippen LogP contribution in [0, 0.1) is 0 Å². The summed E-state index contributed by atoms with van der Waals surface area (Å²) in [6, 6.07) is 12.8. The molecule has 0 fully saturated rings. The third kappa shape index (κ3) is 3.73. The van der Waals surface area contributed by atoms with Crippen LogP contribution in [0.25, 0.3) is 0 Å². The number of fused-ring (bicyclic) bond motifs is 1. The summed E-state index contributed by atoms with van der Waals surface area (Å²) in [6.45, 7) is 0.269. The summed E-state index contributed by atoms with van der Waals surface area (Å²) in [7, 11) is 0. The number of carbonyl (C=O) groups is 1. The second-order valence-corrected chi connectivity index (χ2v) is 6.59. The van der Waals surface area contributed by atoms with Gasteiger partial charge in [-0.15, -0.1) is 0 Å². The number of aromatic nitrogens is 1. The maximum Gasteiger partial charge on any atom is 0.292 e. The molecule has 0 bridgehead atoms. The number of furan rings is 1. The Morgan fingerprint density at radius 1 is 1.15 bits per heavy atom. The van der Waals surface area contributed by atoms with Gasteiger partial charge in [-0.05, 0) is 66.8 Å². The molecule has 1 aliphatic rings. The highest BCUT2D eigenvalue weighted by Gasteiger charge is 2.14. The van der Waals surface area contributed by atoms with Crippen LogP contribution in [0.15, 0.2) is 53.1 Å². The largest absolute Gasteiger partial charge is 0.486 e. The Balaban J connectivity index is 1.36. The van der Waals surface area contributed by atoms with Crippen molar-refractivity contribution in [2.75, 3.05) is 5.32 Å². The molecule has 5 nitrogen and oxygen atoms in total. The smallest absolute Gasteiger partial charge is 0.292 e. The first kappa shape index (κ1) is 16.7. The van der Waals surface area contributed by atoms with Gasteiger partial charge in [-0.2, -0.15) is 0 Å². The molecule has 1 N–H and O–H groups in total. The molecule has 6 heteroatoms. The molecule has 132 valence electrons. The number of amides is 1. The quantitative estimate of drug-likeness (QED) is 0.712. The third-order valence-corrected chi connectivity index (χ3v) is 4.53. The van der Waals surface area contributed by atoms with Crippen LogP contribution < -0.4 is 10.1 Å². The Bertz CT molecular complexity index is 934. The van der Waals surface area contributed by atoms with Gasteiger partial charge in [0.1, 0.15) is 23.9 Å². The maximum absolute atomic E-state index is 12.2. The number of hydrogen-bond acceptors (Lipinski definition) is 4. The third-order valence-electron chi connectivity index (χ3n) is 4.31. The Morgan fingerprint density at radius 2 is 2.04 bits per heavy atom. The van der Waals surface area contributed by atoms with E-state index < -0.39 is 0 Å². The van der Waals surface area contributed by atoms with Crippen molar-refractivity contribution in [1.29, 1.82) is 0 Å². The molecule has 26 heavy (non-hydrogen) atoms. The monoisotopic (exact) mass is 368 g/mol. The fourth-order valence-electron chi connectivity index (χ4n) is 3.00. The first-order valence-corrected chi connectivity index (χ1v) is 8.81. The number of carbonyl (C=O) groups excluding carboxylic acids is 1. The molecule has 3 aromatic rings. The van der Waals surface area contributed by atoms with Crippen molar-refractivity contribution in [3.05, 3.63) is 76.3 Å². The second kappa shape index (κ2) is 7.22. The van der Waals surface area contributed by atoms with Crippen LogP contribution in [0.4, 0.5) is 5.82 Å². The summed E-state index contributed by atoms with van der Waals surface area (Å²) in [5, 5.41) is 3.16. The molecule has 1 aliphatic carbocycles. The zero-order chi connectivity index (χ0) is 17.9. The normalized spacial score (nSPS) is 12.7. The number of anilines is 1.